The summed E-state index contributed by atoms with van der Waals surface area (Å²) < 4.78 is 19.8. The first-order valence-electron chi connectivity index (χ1n) is 20.5. The molecule has 0 spiro atoms. The molecule has 1 aliphatic rings. The van der Waals surface area contributed by atoms with E-state index in [1.165, 1.54) is 0 Å². The van der Waals surface area contributed by atoms with E-state index in [0.29, 0.717) is 25.9 Å². The first kappa shape index (κ1) is 41.7. The zero-order valence-electron chi connectivity index (χ0n) is 33.4. The van der Waals surface area contributed by atoms with Crippen LogP contribution in [0.25, 0.3) is 0 Å². The molecule has 0 bridgehead atoms. The second-order valence-electron chi connectivity index (χ2n) is 15.0. The lowest BCUT2D eigenvalue weighted by molar-refractivity contribution is -0.305. The molecule has 1 heterocycles. The third-order valence-corrected chi connectivity index (χ3v) is 11.4. The number of carboxylic acid groups (broad SMARTS) is 1. The van der Waals surface area contributed by atoms with Crippen molar-refractivity contribution in [3.05, 3.63) is 215 Å². The van der Waals surface area contributed by atoms with Crippen LogP contribution in [0.1, 0.15) is 59.1 Å². The van der Waals surface area contributed by atoms with Crippen molar-refractivity contribution in [3.8, 4) is 0 Å². The van der Waals surface area contributed by atoms with Gasteiger partial charge in [0.25, 0.3) is 0 Å². The summed E-state index contributed by atoms with van der Waals surface area (Å²) in [6.07, 6.45) is -1.78. The van der Waals surface area contributed by atoms with Crippen molar-refractivity contribution in [2.45, 2.75) is 67.4 Å². The molecule has 2 unspecified atom stereocenters. The van der Waals surface area contributed by atoms with Crippen molar-refractivity contribution in [2.24, 2.45) is 0 Å². The molecule has 0 amide bonds. The van der Waals surface area contributed by atoms with Crippen molar-refractivity contribution < 1.29 is 29.2 Å². The Morgan fingerprint density at radius 2 is 1.00 bits per heavy atom. The van der Waals surface area contributed by atoms with E-state index in [2.05, 4.69) is 83.4 Å². The first-order chi connectivity index (χ1) is 29.0. The van der Waals surface area contributed by atoms with Gasteiger partial charge < -0.3 is 29.2 Å². The number of aliphatic hydroxyl groups excluding tert-OH is 1. The molecule has 8 nitrogen and oxygen atoms in total. The SMILES string of the molecule is CO[C@H]1OC(CNC(c2ccccc2)(c2ccccc2)c2ccccc2)[C@@H](OCCCCCC(=O)[O-])[C@H](O)C1NC(c1ccccc1)(c1ccccc1)c1ccccc1. The highest BCUT2D eigenvalue weighted by atomic mass is 16.7. The minimum absolute atomic E-state index is 0.00962. The van der Waals surface area contributed by atoms with Gasteiger partial charge in [0.1, 0.15) is 18.3 Å². The molecule has 1 fully saturated rings. The third-order valence-electron chi connectivity index (χ3n) is 11.4. The molecule has 8 heteroatoms. The smallest absolute Gasteiger partial charge is 0.175 e. The van der Waals surface area contributed by atoms with Crippen LogP contribution in [0.15, 0.2) is 182 Å². The van der Waals surface area contributed by atoms with Gasteiger partial charge >= 0.3 is 0 Å². The fourth-order valence-corrected chi connectivity index (χ4v) is 8.60. The summed E-state index contributed by atoms with van der Waals surface area (Å²) in [4.78, 5) is 11.1. The van der Waals surface area contributed by atoms with Crippen molar-refractivity contribution in [1.29, 1.82) is 0 Å². The normalized spacial score (nSPS) is 19.6. The number of aliphatic hydroxyl groups is 1. The summed E-state index contributed by atoms with van der Waals surface area (Å²) in [6.45, 7) is 0.570. The number of carbonyl (C=O) groups is 1. The van der Waals surface area contributed by atoms with Crippen LogP contribution >= 0.6 is 0 Å². The monoisotopic (exact) mass is 789 g/mol. The molecular formula is C51H53N2O6-. The van der Waals surface area contributed by atoms with Crippen LogP contribution in [0, 0.1) is 0 Å². The van der Waals surface area contributed by atoms with Crippen molar-refractivity contribution >= 4 is 5.97 Å². The number of hydrogen-bond acceptors (Lipinski definition) is 8. The van der Waals surface area contributed by atoms with Gasteiger partial charge in [-0.1, -0.05) is 188 Å². The Balaban J connectivity index is 1.28. The number of methoxy groups -OCH3 is 1. The molecule has 6 aromatic rings. The maximum Gasteiger partial charge on any atom is 0.175 e. The van der Waals surface area contributed by atoms with Crippen LogP contribution < -0.4 is 15.7 Å². The molecule has 3 N–H and O–H groups in total. The summed E-state index contributed by atoms with van der Waals surface area (Å²) >= 11 is 0. The van der Waals surface area contributed by atoms with E-state index in [9.17, 15) is 15.0 Å². The van der Waals surface area contributed by atoms with Gasteiger partial charge in [-0.15, -0.1) is 0 Å². The topological polar surface area (TPSA) is 112 Å². The third kappa shape index (κ3) is 9.24. The maximum absolute atomic E-state index is 12.8. The zero-order valence-corrected chi connectivity index (χ0v) is 33.4. The number of rotatable bonds is 19. The lowest BCUT2D eigenvalue weighted by Crippen LogP contribution is -2.68. The highest BCUT2D eigenvalue weighted by Crippen LogP contribution is 2.41. The fraction of sp³-hybridized carbons (Fsp3) is 0.275. The number of benzene rings is 6. The molecule has 0 saturated carbocycles. The van der Waals surface area contributed by atoms with Crippen LogP contribution in [0.4, 0.5) is 0 Å². The van der Waals surface area contributed by atoms with E-state index < -0.39 is 47.7 Å². The summed E-state index contributed by atoms with van der Waals surface area (Å²) in [5.41, 5.74) is 4.33. The lowest BCUT2D eigenvalue weighted by Gasteiger charge is -2.49. The van der Waals surface area contributed by atoms with Crippen molar-refractivity contribution in [1.82, 2.24) is 10.6 Å². The molecule has 0 aliphatic carbocycles. The number of nitrogens with one attached hydrogen (secondary N) is 2. The Kier molecular flexibility index (Phi) is 14.1. The number of unbranched alkanes of at least 4 members (excludes halogenated alkanes) is 2. The molecule has 0 radical (unpaired) electrons. The molecule has 5 atom stereocenters. The van der Waals surface area contributed by atoms with Crippen molar-refractivity contribution in [2.75, 3.05) is 20.3 Å². The van der Waals surface area contributed by atoms with Gasteiger partial charge in [0, 0.05) is 26.2 Å². The highest BCUT2D eigenvalue weighted by molar-refractivity contribution is 5.64. The number of carbonyl (C=O) groups excluding carboxylic acids is 1. The molecule has 59 heavy (non-hydrogen) atoms. The van der Waals surface area contributed by atoms with Gasteiger partial charge in [-0.25, -0.2) is 0 Å². The molecule has 1 saturated heterocycles. The second kappa shape index (κ2) is 20.0. The van der Waals surface area contributed by atoms with Gasteiger partial charge in [0.15, 0.2) is 6.29 Å². The summed E-state index contributed by atoms with van der Waals surface area (Å²) in [7, 11) is 1.60. The number of ether oxygens (including phenoxy) is 3. The Bertz CT molecular complexity index is 1950. The standard InChI is InChI=1S/C51H54N2O6/c1-57-49-46(53-51(41-29-15-5-16-30-41,42-31-17-6-18-32-42)43-33-19-7-20-34-43)47(56)48(58-36-22-8-21-35-45(54)55)44(59-49)37-52-50(38-23-9-2-10-24-38,39-25-11-3-12-26-39)40-27-13-4-14-28-40/h2-7,9-20,23-34,44,46-49,52-53,56H,8,21-22,35-37H2,1H3,(H,54,55)/p-1/t44?,46?,47-,48-,49+/m1/s1. The average Bonchev–Trinajstić information content (AvgIpc) is 3.30. The van der Waals surface area contributed by atoms with E-state index in [1.807, 2.05) is 109 Å². The van der Waals surface area contributed by atoms with E-state index in [1.54, 1.807) is 7.11 Å². The summed E-state index contributed by atoms with van der Waals surface area (Å²) in [6, 6.07) is 60.9. The van der Waals surface area contributed by atoms with Crippen LogP contribution in [0.5, 0.6) is 0 Å². The molecule has 6 aromatic carbocycles. The van der Waals surface area contributed by atoms with Gasteiger partial charge in [0.2, 0.25) is 0 Å². The van der Waals surface area contributed by atoms with E-state index in [0.717, 1.165) is 33.4 Å². The van der Waals surface area contributed by atoms with Crippen LogP contribution in [-0.2, 0) is 30.1 Å². The number of hydrogen-bond donors (Lipinski definition) is 3. The molecular weight excluding hydrogens is 737 g/mol. The summed E-state index contributed by atoms with van der Waals surface area (Å²) in [5, 5.41) is 31.8. The molecule has 304 valence electrons. The van der Waals surface area contributed by atoms with Crippen molar-refractivity contribution in [3.63, 3.8) is 0 Å². The second-order valence-corrected chi connectivity index (χ2v) is 15.0. The predicted octanol–water partition coefficient (Wildman–Crippen LogP) is 6.95. The van der Waals surface area contributed by atoms with Crippen LogP contribution in [-0.4, -0.2) is 62.0 Å². The Morgan fingerprint density at radius 3 is 1.37 bits per heavy atom. The summed E-state index contributed by atoms with van der Waals surface area (Å²) in [5.74, 6) is -1.06. The lowest BCUT2D eigenvalue weighted by atomic mass is 9.75. The van der Waals surface area contributed by atoms with E-state index in [4.69, 9.17) is 14.2 Å². The first-order valence-corrected chi connectivity index (χ1v) is 20.5. The van der Waals surface area contributed by atoms with Gasteiger partial charge in [-0.3, -0.25) is 10.6 Å². The van der Waals surface area contributed by atoms with Crippen LogP contribution in [0.2, 0.25) is 0 Å². The number of carboxylic acids is 1. The largest absolute Gasteiger partial charge is 0.550 e. The van der Waals surface area contributed by atoms with Gasteiger partial charge in [-0.05, 0) is 52.6 Å². The number of aliphatic carboxylic acids is 1. The predicted molar refractivity (Wildman–Crippen MR) is 228 cm³/mol. The van der Waals surface area contributed by atoms with Gasteiger partial charge in [0.05, 0.1) is 17.1 Å². The average molecular weight is 790 g/mol. The minimum Gasteiger partial charge on any atom is -0.550 e. The molecule has 0 aromatic heterocycles. The highest BCUT2D eigenvalue weighted by Gasteiger charge is 2.51. The zero-order chi connectivity index (χ0) is 40.9. The Labute approximate surface area is 347 Å². The van der Waals surface area contributed by atoms with Crippen LogP contribution in [0.3, 0.4) is 0 Å². The molecule has 7 rings (SSSR count). The molecule has 1 aliphatic heterocycles. The van der Waals surface area contributed by atoms with Gasteiger partial charge in [-0.2, -0.15) is 0 Å². The maximum atomic E-state index is 12.8. The fourth-order valence-electron chi connectivity index (χ4n) is 8.60. The van der Waals surface area contributed by atoms with E-state index >= 15 is 0 Å². The quantitative estimate of drug-likeness (QED) is 0.0598. The minimum atomic E-state index is -1.11. The Morgan fingerprint density at radius 1 is 0.610 bits per heavy atom. The Hall–Kier alpha value is -5.45. The van der Waals surface area contributed by atoms with E-state index in [-0.39, 0.29) is 13.0 Å².